The van der Waals surface area contributed by atoms with Crippen molar-refractivity contribution < 1.29 is 14.0 Å². The number of carbonyl (C=O) groups excluding carboxylic acids is 1. The number of esters is 1. The van der Waals surface area contributed by atoms with E-state index in [1.165, 1.54) is 7.11 Å². The van der Waals surface area contributed by atoms with Crippen LogP contribution in [0, 0.1) is 18.8 Å². The molecule has 0 atom stereocenters. The van der Waals surface area contributed by atoms with Gasteiger partial charge >= 0.3 is 5.97 Å². The van der Waals surface area contributed by atoms with Crippen LogP contribution in [-0.2, 0) is 14.0 Å². The van der Waals surface area contributed by atoms with Crippen LogP contribution in [0.3, 0.4) is 0 Å². The second-order valence-corrected chi connectivity index (χ2v) is 19.7. The van der Waals surface area contributed by atoms with Crippen molar-refractivity contribution >= 4 is 25.8 Å². The van der Waals surface area contributed by atoms with Gasteiger partial charge in [-0.25, -0.2) is 4.98 Å². The first-order valence-corrected chi connectivity index (χ1v) is 21.1. The predicted molar refractivity (Wildman–Crippen MR) is 207 cm³/mol. The van der Waals surface area contributed by atoms with Crippen LogP contribution in [0.1, 0.15) is 70.6 Å². The third-order valence-corrected chi connectivity index (χ3v) is 14.8. The molecule has 3 heterocycles. The Morgan fingerprint density at radius 2 is 1.64 bits per heavy atom. The van der Waals surface area contributed by atoms with E-state index < -0.39 is 8.32 Å². The SMILES string of the molecule is COC(=O)CCCCCCC#Cc1cccc(-c2cc(N3CCN(CCO[Si](C)(C)C(C)(C)C)CC3)n3nc(C)c(-c4ccccc4)c3n2)c1. The number of aryl methyl sites for hydroxylation is 1. The molecule has 1 aliphatic heterocycles. The molecule has 2 aromatic heterocycles. The van der Waals surface area contributed by atoms with Gasteiger partial charge in [-0.3, -0.25) is 9.69 Å². The summed E-state index contributed by atoms with van der Waals surface area (Å²) in [5.41, 5.74) is 6.97. The van der Waals surface area contributed by atoms with Gasteiger partial charge in [0, 0.05) is 74.9 Å². The maximum absolute atomic E-state index is 11.3. The average molecular weight is 694 g/mol. The summed E-state index contributed by atoms with van der Waals surface area (Å²) in [6.07, 6.45) is 5.29. The zero-order valence-electron chi connectivity index (χ0n) is 31.2. The van der Waals surface area contributed by atoms with E-state index in [4.69, 9.17) is 19.2 Å². The Morgan fingerprint density at radius 1 is 0.920 bits per heavy atom. The number of nitrogens with zero attached hydrogens (tertiary/aromatic N) is 5. The Balaban J connectivity index is 1.34. The number of unbranched alkanes of at least 4 members (excludes halogenated alkanes) is 4. The number of benzene rings is 2. The number of rotatable bonds is 13. The van der Waals surface area contributed by atoms with E-state index in [1.807, 2.05) is 10.6 Å². The highest BCUT2D eigenvalue weighted by Crippen LogP contribution is 2.37. The molecule has 0 aliphatic carbocycles. The topological polar surface area (TPSA) is 72.2 Å². The minimum absolute atomic E-state index is 0.133. The number of methoxy groups -OCH3 is 1. The highest BCUT2D eigenvalue weighted by molar-refractivity contribution is 6.74. The number of carbonyl (C=O) groups is 1. The molecule has 1 fully saturated rings. The molecule has 50 heavy (non-hydrogen) atoms. The second kappa shape index (κ2) is 16.8. The summed E-state index contributed by atoms with van der Waals surface area (Å²) in [5.74, 6) is 7.66. The third-order valence-electron chi connectivity index (χ3n) is 10.2. The molecule has 1 saturated heterocycles. The van der Waals surface area contributed by atoms with Crippen molar-refractivity contribution in [2.24, 2.45) is 0 Å². The van der Waals surface area contributed by atoms with Crippen LogP contribution in [0.4, 0.5) is 5.82 Å². The van der Waals surface area contributed by atoms with E-state index in [1.54, 1.807) is 0 Å². The van der Waals surface area contributed by atoms with Gasteiger partial charge in [0.25, 0.3) is 0 Å². The molecule has 266 valence electrons. The summed E-state index contributed by atoms with van der Waals surface area (Å²) in [5, 5.41) is 5.28. The Morgan fingerprint density at radius 3 is 2.36 bits per heavy atom. The lowest BCUT2D eigenvalue weighted by Gasteiger charge is -2.38. The number of aromatic nitrogens is 3. The molecule has 9 heteroatoms. The quantitative estimate of drug-likeness (QED) is 0.0603. The lowest BCUT2D eigenvalue weighted by molar-refractivity contribution is -0.140. The van der Waals surface area contributed by atoms with Crippen LogP contribution >= 0.6 is 0 Å². The van der Waals surface area contributed by atoms with E-state index in [0.29, 0.717) is 6.42 Å². The molecule has 0 unspecified atom stereocenters. The molecular weight excluding hydrogens is 639 g/mol. The molecule has 0 amide bonds. The van der Waals surface area contributed by atoms with Crippen molar-refractivity contribution in [2.75, 3.05) is 51.3 Å². The van der Waals surface area contributed by atoms with E-state index >= 15 is 0 Å². The third kappa shape index (κ3) is 9.42. The summed E-state index contributed by atoms with van der Waals surface area (Å²) in [7, 11) is -0.316. The Labute approximate surface area is 300 Å². The molecule has 2 aromatic carbocycles. The summed E-state index contributed by atoms with van der Waals surface area (Å²) in [6, 6.07) is 21.1. The van der Waals surface area contributed by atoms with Gasteiger partial charge in [-0.15, -0.1) is 0 Å². The van der Waals surface area contributed by atoms with Crippen molar-refractivity contribution in [1.82, 2.24) is 19.5 Å². The van der Waals surface area contributed by atoms with E-state index in [9.17, 15) is 4.79 Å². The average Bonchev–Trinajstić information content (AvgIpc) is 3.44. The molecule has 0 N–H and O–H groups in total. The van der Waals surface area contributed by atoms with Crippen molar-refractivity contribution in [1.29, 1.82) is 0 Å². The Bertz CT molecular complexity index is 1790. The van der Waals surface area contributed by atoms with Crippen molar-refractivity contribution in [2.45, 2.75) is 84.4 Å². The highest BCUT2D eigenvalue weighted by Gasteiger charge is 2.37. The van der Waals surface area contributed by atoms with Gasteiger partial charge in [0.05, 0.1) is 18.5 Å². The van der Waals surface area contributed by atoms with Gasteiger partial charge in [-0.1, -0.05) is 87.9 Å². The lowest BCUT2D eigenvalue weighted by atomic mass is 10.1. The van der Waals surface area contributed by atoms with E-state index in [2.05, 4.69) is 117 Å². The van der Waals surface area contributed by atoms with Crippen LogP contribution in [0.25, 0.3) is 28.0 Å². The molecule has 5 rings (SSSR count). The molecule has 0 bridgehead atoms. The minimum Gasteiger partial charge on any atom is -0.469 e. The fourth-order valence-corrected chi connectivity index (χ4v) is 7.16. The smallest absolute Gasteiger partial charge is 0.305 e. The summed E-state index contributed by atoms with van der Waals surface area (Å²) in [4.78, 5) is 21.6. The van der Waals surface area contributed by atoms with E-state index in [0.717, 1.165) is 117 Å². The molecule has 0 saturated carbocycles. The van der Waals surface area contributed by atoms with Crippen molar-refractivity contribution in [3.63, 3.8) is 0 Å². The summed E-state index contributed by atoms with van der Waals surface area (Å²) in [6.45, 7) is 19.1. The van der Waals surface area contributed by atoms with Crippen molar-refractivity contribution in [3.8, 4) is 34.2 Å². The molecule has 0 radical (unpaired) electrons. The molecule has 1 aliphatic rings. The van der Waals surface area contributed by atoms with Crippen molar-refractivity contribution in [3.05, 3.63) is 71.9 Å². The molecular formula is C41H55N5O3Si. The molecule has 0 spiro atoms. The van der Waals surface area contributed by atoms with Gasteiger partial charge in [-0.2, -0.15) is 9.61 Å². The van der Waals surface area contributed by atoms with Gasteiger partial charge in [-0.05, 0) is 55.6 Å². The minimum atomic E-state index is -1.76. The number of hydrogen-bond donors (Lipinski definition) is 0. The highest BCUT2D eigenvalue weighted by atomic mass is 28.4. The predicted octanol–water partition coefficient (Wildman–Crippen LogP) is 8.38. The lowest BCUT2D eigenvalue weighted by Crippen LogP contribution is -2.49. The first kappa shape index (κ1) is 37.3. The number of fused-ring (bicyclic) bond motifs is 1. The van der Waals surface area contributed by atoms with Crippen LogP contribution in [0.2, 0.25) is 18.1 Å². The number of ether oxygens (including phenoxy) is 1. The number of piperazine rings is 1. The Kier molecular flexibility index (Phi) is 12.5. The summed E-state index contributed by atoms with van der Waals surface area (Å²) < 4.78 is 13.3. The maximum Gasteiger partial charge on any atom is 0.305 e. The van der Waals surface area contributed by atoms with Gasteiger partial charge < -0.3 is 14.1 Å². The van der Waals surface area contributed by atoms with Crippen LogP contribution in [0.15, 0.2) is 60.7 Å². The number of hydrogen-bond acceptors (Lipinski definition) is 7. The fraction of sp³-hybridized carbons (Fsp3) is 0.488. The van der Waals surface area contributed by atoms with Gasteiger partial charge in [0.1, 0.15) is 5.82 Å². The fourth-order valence-electron chi connectivity index (χ4n) is 6.13. The maximum atomic E-state index is 11.3. The Hall–Kier alpha value is -3.97. The first-order valence-electron chi connectivity index (χ1n) is 18.2. The van der Waals surface area contributed by atoms with Gasteiger partial charge in [0.15, 0.2) is 14.0 Å². The zero-order chi connectivity index (χ0) is 35.7. The molecule has 8 nitrogen and oxygen atoms in total. The zero-order valence-corrected chi connectivity index (χ0v) is 32.2. The largest absolute Gasteiger partial charge is 0.469 e. The molecule has 4 aromatic rings. The second-order valence-electron chi connectivity index (χ2n) is 14.9. The normalized spacial score (nSPS) is 14.1. The van der Waals surface area contributed by atoms with Crippen LogP contribution < -0.4 is 4.90 Å². The monoisotopic (exact) mass is 693 g/mol. The standard InChI is InChI=1S/C41H55N5O3Si/c1-32-39(34-20-14-12-15-21-34)40-42-36(35-22-17-19-33(30-35)18-13-10-8-9-11-16-23-38(47)48-5)31-37(46(40)43-32)45-26-24-44(25-27-45)28-29-49-50(6,7)41(2,3)4/h12,14-15,17,19-22,30-31H,8-11,16,23-29H2,1-7H3. The summed E-state index contributed by atoms with van der Waals surface area (Å²) >= 11 is 0. The van der Waals surface area contributed by atoms with Crippen LogP contribution in [-0.4, -0.2) is 80.2 Å². The van der Waals surface area contributed by atoms with Gasteiger partial charge in [0.2, 0.25) is 0 Å². The number of anilines is 1. The first-order chi connectivity index (χ1) is 24.0. The van der Waals surface area contributed by atoms with E-state index in [-0.39, 0.29) is 11.0 Å². The van der Waals surface area contributed by atoms with Crippen LogP contribution in [0.5, 0.6) is 0 Å².